The number of methoxy groups -OCH3 is 2. The molecule has 12 nitrogen and oxygen atoms in total. The summed E-state index contributed by atoms with van der Waals surface area (Å²) in [6.45, 7) is 2.95. The lowest BCUT2D eigenvalue weighted by Crippen LogP contribution is -2.18. The Morgan fingerprint density at radius 1 is 1.13 bits per heavy atom. The number of anilines is 1. The van der Waals surface area contributed by atoms with Crippen molar-refractivity contribution >= 4 is 17.5 Å². The molecule has 2 aromatic carbocycles. The second kappa shape index (κ2) is 12.2. The highest BCUT2D eigenvalue weighted by atomic mass is 16.5. The van der Waals surface area contributed by atoms with Gasteiger partial charge < -0.3 is 25.6 Å². The number of carbonyl (C=O) groups is 1. The van der Waals surface area contributed by atoms with Gasteiger partial charge in [0, 0.05) is 30.4 Å². The second-order valence-electron chi connectivity index (χ2n) is 8.10. The van der Waals surface area contributed by atoms with E-state index in [1.165, 1.54) is 4.68 Å². The van der Waals surface area contributed by atoms with Gasteiger partial charge in [0.2, 0.25) is 0 Å². The van der Waals surface area contributed by atoms with Crippen LogP contribution in [0.5, 0.6) is 11.5 Å². The van der Waals surface area contributed by atoms with E-state index in [1.54, 1.807) is 56.8 Å². The molecule has 2 aromatic heterocycles. The molecule has 38 heavy (non-hydrogen) atoms. The fourth-order valence-electron chi connectivity index (χ4n) is 3.53. The molecule has 0 unspecified atom stereocenters. The average Bonchev–Trinajstić information content (AvgIpc) is 3.27. The molecule has 0 bridgehead atoms. The molecule has 0 aliphatic rings. The summed E-state index contributed by atoms with van der Waals surface area (Å²) in [5.41, 5.74) is 8.08. The molecule has 0 fully saturated rings. The second-order valence-corrected chi connectivity index (χ2v) is 8.10. The van der Waals surface area contributed by atoms with E-state index in [2.05, 4.69) is 20.4 Å². The molecule has 0 spiro atoms. The number of benzene rings is 2. The topological polar surface area (TPSA) is 181 Å². The number of aryl methyl sites for hydroxylation is 1. The molecule has 4 aromatic rings. The fraction of sp³-hybridized carbons (Fsp3) is 0.192. The maximum Gasteiger partial charge on any atom is 0.349 e. The maximum atomic E-state index is 12.8. The Kier molecular flexibility index (Phi) is 8.82. The molecule has 6 N–H and O–H groups in total. The molecule has 1 atom stereocenters. The van der Waals surface area contributed by atoms with Crippen LogP contribution in [0.2, 0.25) is 0 Å². The van der Waals surface area contributed by atoms with E-state index >= 15 is 0 Å². The van der Waals surface area contributed by atoms with E-state index in [9.17, 15) is 4.79 Å². The van der Waals surface area contributed by atoms with E-state index in [0.717, 1.165) is 23.7 Å². The first-order valence-corrected chi connectivity index (χ1v) is 11.4. The molecule has 2 heterocycles. The number of aliphatic carboxylic acids is 1. The summed E-state index contributed by atoms with van der Waals surface area (Å²) in [6, 6.07) is 15.6. The number of nitrogens with zero attached hydrogens (tertiary/aromatic N) is 3. The molecule has 0 aliphatic heterocycles. The number of hydrogen-bond acceptors (Lipinski definition) is 8. The number of carboxylic acids is 1. The normalized spacial score (nSPS) is 11.1. The van der Waals surface area contributed by atoms with E-state index in [4.69, 9.17) is 30.5 Å². The Labute approximate surface area is 218 Å². The fourth-order valence-corrected chi connectivity index (χ4v) is 3.53. The van der Waals surface area contributed by atoms with Crippen LogP contribution in [0.15, 0.2) is 65.6 Å². The Balaban J connectivity index is 0.000000934. The van der Waals surface area contributed by atoms with Crippen LogP contribution in [0.1, 0.15) is 35.5 Å². The van der Waals surface area contributed by atoms with Crippen molar-refractivity contribution in [2.45, 2.75) is 19.9 Å². The van der Waals surface area contributed by atoms with Crippen LogP contribution in [0.25, 0.3) is 5.82 Å². The van der Waals surface area contributed by atoms with Crippen LogP contribution in [0.4, 0.5) is 5.69 Å². The third-order valence-electron chi connectivity index (χ3n) is 5.31. The van der Waals surface area contributed by atoms with Gasteiger partial charge in [-0.25, -0.2) is 9.78 Å². The number of nitrogens with two attached hydrogens (primary N) is 1. The lowest BCUT2D eigenvalue weighted by Gasteiger charge is -2.20. The summed E-state index contributed by atoms with van der Waals surface area (Å²) < 4.78 is 12.1. The van der Waals surface area contributed by atoms with Gasteiger partial charge in [0.25, 0.3) is 5.97 Å². The molecular formula is C26H29N7O5. The number of rotatable bonds is 8. The molecule has 0 aliphatic carbocycles. The third-order valence-corrected chi connectivity index (χ3v) is 5.31. The zero-order chi connectivity index (χ0) is 27.8. The van der Waals surface area contributed by atoms with Crippen molar-refractivity contribution < 1.29 is 19.4 Å². The first-order chi connectivity index (χ1) is 18.1. The Morgan fingerprint density at radius 3 is 2.26 bits per heavy atom. The van der Waals surface area contributed by atoms with Gasteiger partial charge in [-0.05, 0) is 60.5 Å². The van der Waals surface area contributed by atoms with Crippen molar-refractivity contribution in [1.29, 1.82) is 5.41 Å². The SMILES string of the molecule is CC(=O)O.COc1cc(OC)cc([C@H](Nc2ccc(C(=N)N)cc2)c2nn(-c3ncccc3C)c(=O)[nH]2)c1. The number of nitrogens with one attached hydrogen (secondary N) is 3. The average molecular weight is 520 g/mol. The monoisotopic (exact) mass is 519 g/mol. The minimum absolute atomic E-state index is 0.0190. The van der Waals surface area contributed by atoms with Crippen molar-refractivity contribution in [3.8, 4) is 17.3 Å². The first-order valence-electron chi connectivity index (χ1n) is 11.4. The van der Waals surface area contributed by atoms with Gasteiger partial charge in [0.05, 0.1) is 14.2 Å². The number of nitrogen functional groups attached to an aromatic ring is 1. The molecule has 0 saturated heterocycles. The van der Waals surface area contributed by atoms with Gasteiger partial charge in [-0.15, -0.1) is 5.10 Å². The van der Waals surface area contributed by atoms with E-state index < -0.39 is 17.7 Å². The van der Waals surface area contributed by atoms with E-state index in [0.29, 0.717) is 28.7 Å². The van der Waals surface area contributed by atoms with Crippen molar-refractivity contribution in [2.24, 2.45) is 5.73 Å². The molecule has 0 saturated carbocycles. The van der Waals surface area contributed by atoms with Gasteiger partial charge in [-0.2, -0.15) is 4.68 Å². The summed E-state index contributed by atoms with van der Waals surface area (Å²) in [6.07, 6.45) is 1.61. The van der Waals surface area contributed by atoms with Crippen LogP contribution in [0, 0.1) is 12.3 Å². The molecular weight excluding hydrogens is 490 g/mol. The number of aromatic amines is 1. The van der Waals surface area contributed by atoms with Crippen LogP contribution >= 0.6 is 0 Å². The molecule has 0 radical (unpaired) electrons. The number of carboxylic acid groups (broad SMARTS) is 1. The Bertz CT molecular complexity index is 1450. The summed E-state index contributed by atoms with van der Waals surface area (Å²) in [5, 5.41) is 23.0. The van der Waals surface area contributed by atoms with Gasteiger partial charge in [0.1, 0.15) is 23.4 Å². The number of hydrogen-bond donors (Lipinski definition) is 5. The van der Waals surface area contributed by atoms with Crippen LogP contribution in [0.3, 0.4) is 0 Å². The van der Waals surface area contributed by atoms with Crippen molar-refractivity contribution in [3.63, 3.8) is 0 Å². The number of ether oxygens (including phenoxy) is 2. The van der Waals surface area contributed by atoms with Crippen molar-refractivity contribution in [3.05, 3.63) is 93.8 Å². The maximum absolute atomic E-state index is 12.8. The van der Waals surface area contributed by atoms with Crippen LogP contribution in [-0.4, -0.2) is 50.9 Å². The summed E-state index contributed by atoms with van der Waals surface area (Å²) in [4.78, 5) is 29.0. The summed E-state index contributed by atoms with van der Waals surface area (Å²) in [5.74, 6) is 1.16. The summed E-state index contributed by atoms with van der Waals surface area (Å²) >= 11 is 0. The largest absolute Gasteiger partial charge is 0.497 e. The Hall–Kier alpha value is -5.13. The predicted octanol–water partition coefficient (Wildman–Crippen LogP) is 2.86. The third kappa shape index (κ3) is 6.75. The predicted molar refractivity (Wildman–Crippen MR) is 142 cm³/mol. The van der Waals surface area contributed by atoms with Gasteiger partial charge >= 0.3 is 5.69 Å². The molecule has 0 amide bonds. The Morgan fingerprint density at radius 2 is 1.74 bits per heavy atom. The quantitative estimate of drug-likeness (QED) is 0.173. The number of amidine groups is 1. The van der Waals surface area contributed by atoms with Gasteiger partial charge in [0.15, 0.2) is 11.6 Å². The molecule has 12 heteroatoms. The first kappa shape index (κ1) is 27.5. The minimum Gasteiger partial charge on any atom is -0.497 e. The van der Waals surface area contributed by atoms with Crippen molar-refractivity contribution in [1.82, 2.24) is 19.7 Å². The molecule has 198 valence electrons. The standard InChI is InChI=1S/C24H25N7O3.C2H4O2/c1-14-5-4-10-27-23(14)31-24(32)29-22(30-31)20(16-11-18(33-2)13-19(12-16)34-3)28-17-8-6-15(7-9-17)21(25)26;1-2(3)4/h4-13,20,28H,1-3H3,(H3,25,26)(H,29,30,32);1H3,(H,3,4)/t20-;/m0./s1. The zero-order valence-corrected chi connectivity index (χ0v) is 21.4. The highest BCUT2D eigenvalue weighted by molar-refractivity contribution is 5.95. The highest BCUT2D eigenvalue weighted by Crippen LogP contribution is 2.31. The highest BCUT2D eigenvalue weighted by Gasteiger charge is 2.22. The lowest BCUT2D eigenvalue weighted by atomic mass is 10.0. The smallest absolute Gasteiger partial charge is 0.349 e. The lowest BCUT2D eigenvalue weighted by molar-refractivity contribution is -0.134. The van der Waals surface area contributed by atoms with E-state index in [-0.39, 0.29) is 5.84 Å². The zero-order valence-electron chi connectivity index (χ0n) is 21.4. The minimum atomic E-state index is -0.833. The van der Waals surface area contributed by atoms with Gasteiger partial charge in [-0.3, -0.25) is 15.2 Å². The molecule has 4 rings (SSSR count). The van der Waals surface area contributed by atoms with E-state index in [1.807, 2.05) is 25.1 Å². The number of aromatic nitrogens is 4. The van der Waals surface area contributed by atoms with Crippen LogP contribution < -0.4 is 26.2 Å². The number of H-pyrrole nitrogens is 1. The van der Waals surface area contributed by atoms with Crippen LogP contribution in [-0.2, 0) is 4.79 Å². The number of pyridine rings is 1. The summed E-state index contributed by atoms with van der Waals surface area (Å²) in [7, 11) is 3.14. The van der Waals surface area contributed by atoms with Gasteiger partial charge in [-0.1, -0.05) is 6.07 Å². The van der Waals surface area contributed by atoms with Crippen molar-refractivity contribution in [2.75, 3.05) is 19.5 Å².